The molecule has 408 valence electrons. The van der Waals surface area contributed by atoms with Crippen LogP contribution in [0.25, 0.3) is 0 Å². The lowest BCUT2D eigenvalue weighted by molar-refractivity contribution is -0.250. The highest BCUT2D eigenvalue weighted by molar-refractivity contribution is 6.32. The Morgan fingerprint density at radius 2 is 1.06 bits per heavy atom. The van der Waals surface area contributed by atoms with E-state index in [1.807, 2.05) is 0 Å². The molecule has 12 N–H and O–H groups in total. The maximum absolute atomic E-state index is 14.6. The number of Topliss-reactive ketones (excluding diaryl/α,β-unsaturated/α-hetero) is 2. The van der Waals surface area contributed by atoms with Crippen LogP contribution in [0.2, 0.25) is 0 Å². The van der Waals surface area contributed by atoms with Gasteiger partial charge in [0, 0.05) is 84.0 Å². The van der Waals surface area contributed by atoms with E-state index in [-0.39, 0.29) is 68.8 Å². The summed E-state index contributed by atoms with van der Waals surface area (Å²) in [5.74, 6) is -8.76. The minimum Gasteiger partial charge on any atom is -0.507 e. The minimum absolute atomic E-state index is 0.00123. The molecule has 0 radical (unpaired) electrons. The number of methoxy groups -OCH3 is 2. The molecule has 0 spiro atoms. The molecule has 10 rings (SSSR count). The van der Waals surface area contributed by atoms with E-state index in [0.717, 1.165) is 0 Å². The normalized spacial score (nSPS) is 30.3. The monoisotopic (exact) mass is 1070 g/mol. The van der Waals surface area contributed by atoms with Crippen LogP contribution in [0.4, 0.5) is 0 Å². The Hall–Kier alpha value is -6.74. The number of aliphatic hydroxyl groups excluding tert-OH is 3. The Morgan fingerprint density at radius 3 is 1.51 bits per heavy atom. The molecule has 4 aromatic carbocycles. The first kappa shape index (κ1) is 53.6. The van der Waals surface area contributed by atoms with Crippen LogP contribution in [0.15, 0.2) is 36.4 Å². The molecule has 2 heterocycles. The number of nitrogens with one attached hydrogen (secondary N) is 1. The van der Waals surface area contributed by atoms with E-state index < -0.39 is 191 Å². The lowest BCUT2D eigenvalue weighted by atomic mass is 9.71. The van der Waals surface area contributed by atoms with Crippen molar-refractivity contribution in [2.75, 3.05) is 27.4 Å². The number of phenolic OH excluding ortho intramolecular Hbond substituents is 4. The second-order valence-electron chi connectivity index (χ2n) is 20.5. The highest BCUT2D eigenvalue weighted by atomic mass is 16.7. The second kappa shape index (κ2) is 19.6. The average molecular weight is 1070 g/mol. The molecule has 77 heavy (non-hydrogen) atoms. The quantitative estimate of drug-likeness (QED) is 0.0750. The fraction of sp³-hybridized carbons (Fsp3) is 0.444. The van der Waals surface area contributed by atoms with Crippen LogP contribution in [-0.2, 0) is 41.4 Å². The zero-order valence-electron chi connectivity index (χ0n) is 41.9. The van der Waals surface area contributed by atoms with Crippen LogP contribution in [-0.4, -0.2) is 168 Å². The molecule has 0 unspecified atom stereocenters. The van der Waals surface area contributed by atoms with Crippen LogP contribution in [0.3, 0.4) is 0 Å². The summed E-state index contributed by atoms with van der Waals surface area (Å²) < 4.78 is 35.3. The molecular formula is C54H56N2O21. The van der Waals surface area contributed by atoms with Gasteiger partial charge >= 0.3 is 0 Å². The zero-order valence-corrected chi connectivity index (χ0v) is 41.9. The molecule has 4 aliphatic carbocycles. The number of aliphatic hydroxyl groups is 5. The third-order valence-electron chi connectivity index (χ3n) is 15.9. The number of ether oxygens (including phenoxy) is 6. The highest BCUT2D eigenvalue weighted by Crippen LogP contribution is 2.55. The number of hydrogen-bond donors (Lipinski definition) is 11. The van der Waals surface area contributed by atoms with Crippen molar-refractivity contribution in [3.05, 3.63) is 103 Å². The number of hydrogen-bond acceptors (Lipinski definition) is 23. The molecule has 2 fully saturated rings. The van der Waals surface area contributed by atoms with E-state index in [1.54, 1.807) is 0 Å². The number of aromatic hydroxyl groups is 4. The molecule has 6 aliphatic rings. The van der Waals surface area contributed by atoms with Gasteiger partial charge in [-0.3, -0.25) is 28.8 Å². The van der Waals surface area contributed by atoms with Gasteiger partial charge in [0.25, 0.3) is 0 Å². The Labute approximate surface area is 437 Å². The van der Waals surface area contributed by atoms with Crippen LogP contribution < -0.4 is 20.5 Å². The number of carbonyl (C=O) groups excluding carboxylic acids is 6. The lowest BCUT2D eigenvalue weighted by Crippen LogP contribution is -2.57. The van der Waals surface area contributed by atoms with Crippen LogP contribution in [0.1, 0.15) is 138 Å². The maximum atomic E-state index is 14.6. The topological polar surface area (TPSA) is 378 Å². The highest BCUT2D eigenvalue weighted by Gasteiger charge is 2.53. The van der Waals surface area contributed by atoms with Gasteiger partial charge in [0.1, 0.15) is 52.3 Å². The largest absolute Gasteiger partial charge is 0.507 e. The number of ketones is 6. The van der Waals surface area contributed by atoms with Crippen molar-refractivity contribution in [2.24, 2.45) is 5.73 Å². The predicted molar refractivity (Wildman–Crippen MR) is 260 cm³/mol. The number of benzene rings is 4. The molecule has 0 saturated carbocycles. The molecular weight excluding hydrogens is 1010 g/mol. The van der Waals surface area contributed by atoms with Crippen molar-refractivity contribution in [3.8, 4) is 34.5 Å². The van der Waals surface area contributed by atoms with Gasteiger partial charge in [-0.15, -0.1) is 0 Å². The van der Waals surface area contributed by atoms with E-state index >= 15 is 0 Å². The Morgan fingerprint density at radius 1 is 0.636 bits per heavy atom. The van der Waals surface area contributed by atoms with Crippen molar-refractivity contribution in [1.29, 1.82) is 0 Å². The number of carbonyl (C=O) groups is 6. The zero-order chi connectivity index (χ0) is 55.5. The molecule has 23 nitrogen and oxygen atoms in total. The van der Waals surface area contributed by atoms with Gasteiger partial charge < -0.3 is 85.4 Å². The van der Waals surface area contributed by atoms with E-state index in [1.165, 1.54) is 64.5 Å². The van der Waals surface area contributed by atoms with Crippen LogP contribution in [0, 0.1) is 0 Å². The van der Waals surface area contributed by atoms with Crippen molar-refractivity contribution in [3.63, 3.8) is 0 Å². The van der Waals surface area contributed by atoms with E-state index in [0.29, 0.717) is 0 Å². The molecule has 12 atom stereocenters. The summed E-state index contributed by atoms with van der Waals surface area (Å²) in [6, 6.07) is 6.45. The average Bonchev–Trinajstić information content (AvgIpc) is 3.53. The second-order valence-corrected chi connectivity index (χ2v) is 20.5. The van der Waals surface area contributed by atoms with Gasteiger partial charge in [0.2, 0.25) is 11.6 Å². The summed E-state index contributed by atoms with van der Waals surface area (Å²) >= 11 is 0. The van der Waals surface area contributed by atoms with Gasteiger partial charge in [0.15, 0.2) is 35.7 Å². The molecule has 23 heteroatoms. The van der Waals surface area contributed by atoms with E-state index in [4.69, 9.17) is 34.2 Å². The first-order valence-corrected chi connectivity index (χ1v) is 24.8. The smallest absolute Gasteiger partial charge is 0.202 e. The molecule has 0 amide bonds. The number of nitrogens with two attached hydrogens (primary N) is 1. The lowest BCUT2D eigenvalue weighted by Gasteiger charge is -2.43. The fourth-order valence-electron chi connectivity index (χ4n) is 11.9. The van der Waals surface area contributed by atoms with E-state index in [9.17, 15) is 74.7 Å². The summed E-state index contributed by atoms with van der Waals surface area (Å²) in [4.78, 5) is 84.2. The van der Waals surface area contributed by atoms with Crippen molar-refractivity contribution < 1.29 is 103 Å². The number of phenols is 4. The summed E-state index contributed by atoms with van der Waals surface area (Å²) in [6.45, 7) is 1.11. The Bertz CT molecular complexity index is 3200. The van der Waals surface area contributed by atoms with Crippen molar-refractivity contribution >= 4 is 34.7 Å². The fourth-order valence-corrected chi connectivity index (χ4v) is 11.9. The first-order valence-electron chi connectivity index (χ1n) is 24.8. The Balaban J connectivity index is 0.949. The molecule has 0 aromatic heterocycles. The van der Waals surface area contributed by atoms with Gasteiger partial charge in [-0.2, -0.15) is 0 Å². The Kier molecular flexibility index (Phi) is 13.7. The minimum atomic E-state index is -2.48. The number of rotatable bonds is 12. The molecule has 0 bridgehead atoms. The maximum Gasteiger partial charge on any atom is 0.202 e. The first-order chi connectivity index (χ1) is 36.5. The van der Waals surface area contributed by atoms with Gasteiger partial charge in [-0.05, 0) is 26.0 Å². The van der Waals surface area contributed by atoms with Gasteiger partial charge in [-0.1, -0.05) is 24.3 Å². The SMILES string of the molecule is COc1cccc2c1C(=O)c1c(O)c3c(c(O)c1C2=O)C[C@@](O)(C(=O)CO)C[C@@H]3O[C@H]1C[C@@H](NCC(=O)[C@]2(O)Cc3c(O)c4c(c(O)c3[C@@H](O[C@@H]3C[C@@H](N)[C@H](O)[C@H](C)O3)C2)C(=O)c2c(OC)cccc2C4=O)[C@H](O)[C@H](C)O1. The molecule has 2 aliphatic heterocycles. The third-order valence-corrected chi connectivity index (χ3v) is 15.9. The summed E-state index contributed by atoms with van der Waals surface area (Å²) in [5.41, 5.74) is -2.93. The molecule has 2 saturated heterocycles. The molecule has 4 aromatic rings. The van der Waals surface area contributed by atoms with Crippen molar-refractivity contribution in [1.82, 2.24) is 5.32 Å². The third kappa shape index (κ3) is 8.48. The summed E-state index contributed by atoms with van der Waals surface area (Å²) in [6.07, 6.45) is -13.5. The van der Waals surface area contributed by atoms with Crippen LogP contribution >= 0.6 is 0 Å². The number of fused-ring (bicyclic) bond motifs is 6. The van der Waals surface area contributed by atoms with E-state index in [2.05, 4.69) is 5.32 Å². The van der Waals surface area contributed by atoms with Gasteiger partial charge in [-0.25, -0.2) is 0 Å². The standard InChI is InChI=1S/C54H56N2O21/c1-19-43(60)25(55)11-33(74-19)76-29-15-53(70,13-23-37(29)51(68)41-39(47(23)64)45(62)21-7-5-9-27(72-3)35(21)49(41)66)31(58)17-56-26-12-34(75-20(2)44(26)61)77-30-16-54(71,32(59)18-57)14-24-38(30)52(69)42-40(48(24)65)46(63)22-8-6-10-28(73-4)36(22)50(42)67/h5-10,19-20,25-26,29-30,33-34,43-44,56-57,60-61,64-65,68-71H,11-18,55H2,1-4H3/t19-,20-,25+,26+,29-,30-,33+,34-,43+,44+,53-,54-/m0/s1. The summed E-state index contributed by atoms with van der Waals surface area (Å²) in [7, 11) is 2.56. The predicted octanol–water partition coefficient (Wildman–Crippen LogP) is 0.655. The summed E-state index contributed by atoms with van der Waals surface area (Å²) in [5, 5.41) is 107. The van der Waals surface area contributed by atoms with Gasteiger partial charge in [0.05, 0.1) is 90.8 Å². The van der Waals surface area contributed by atoms with Crippen molar-refractivity contribution in [2.45, 2.75) is 125 Å². The van der Waals surface area contributed by atoms with Crippen LogP contribution in [0.5, 0.6) is 34.5 Å².